The van der Waals surface area contributed by atoms with Crippen LogP contribution in [-0.2, 0) is 16.0 Å². The second-order valence-electron chi connectivity index (χ2n) is 6.83. The largest absolute Gasteiger partial charge is 0.355 e. The Morgan fingerprint density at radius 2 is 1.96 bits per heavy atom. The number of carbonyl (C=O) groups is 2. The predicted octanol–water partition coefficient (Wildman–Crippen LogP) is 1.00. The maximum absolute atomic E-state index is 12.2. The summed E-state index contributed by atoms with van der Waals surface area (Å²) < 4.78 is 0. The van der Waals surface area contributed by atoms with Gasteiger partial charge in [0.05, 0.1) is 17.2 Å². The van der Waals surface area contributed by atoms with Gasteiger partial charge in [-0.15, -0.1) is 11.8 Å². The van der Waals surface area contributed by atoms with E-state index in [0.717, 1.165) is 36.6 Å². The SMILES string of the molecule is N[C@H](Cc1ccccc1)C(S)C(=O)NCCCC[C@H](N)C(=O)N1CCSC1. The summed E-state index contributed by atoms with van der Waals surface area (Å²) in [5.74, 6) is 1.61. The first-order chi connectivity index (χ1) is 13.0. The second-order valence-corrected chi connectivity index (χ2v) is 8.46. The molecule has 1 unspecified atom stereocenters. The van der Waals surface area contributed by atoms with Crippen LogP contribution in [0.4, 0.5) is 0 Å². The van der Waals surface area contributed by atoms with Gasteiger partial charge >= 0.3 is 0 Å². The highest BCUT2D eigenvalue weighted by Gasteiger charge is 2.24. The molecule has 1 aromatic rings. The summed E-state index contributed by atoms with van der Waals surface area (Å²) in [6, 6.07) is 9.04. The van der Waals surface area contributed by atoms with Crippen LogP contribution >= 0.6 is 24.4 Å². The van der Waals surface area contributed by atoms with E-state index in [-0.39, 0.29) is 17.9 Å². The van der Waals surface area contributed by atoms with Crippen LogP contribution in [0.15, 0.2) is 30.3 Å². The standard InChI is InChI=1S/C19H30N4O2S2/c20-15(19(25)23-10-11-27-13-23)8-4-5-9-22-18(24)17(26)16(21)12-14-6-2-1-3-7-14/h1-3,6-7,15-17,26H,4-5,8-13,20-21H2,(H,22,24)/t15-,16+,17?/m0/s1. The molecular weight excluding hydrogens is 380 g/mol. The molecule has 0 aliphatic carbocycles. The summed E-state index contributed by atoms with van der Waals surface area (Å²) >= 11 is 6.13. The van der Waals surface area contributed by atoms with E-state index in [0.29, 0.717) is 19.4 Å². The van der Waals surface area contributed by atoms with Crippen LogP contribution in [0.1, 0.15) is 24.8 Å². The lowest BCUT2D eigenvalue weighted by Crippen LogP contribution is -2.44. The molecule has 8 heteroatoms. The van der Waals surface area contributed by atoms with Gasteiger partial charge < -0.3 is 21.7 Å². The molecule has 0 saturated carbocycles. The van der Waals surface area contributed by atoms with Crippen molar-refractivity contribution in [3.05, 3.63) is 35.9 Å². The molecule has 3 atom stereocenters. The van der Waals surface area contributed by atoms with Crippen molar-refractivity contribution < 1.29 is 9.59 Å². The third-order valence-corrected chi connectivity index (χ3v) is 6.19. The van der Waals surface area contributed by atoms with E-state index in [4.69, 9.17) is 11.5 Å². The van der Waals surface area contributed by atoms with Crippen molar-refractivity contribution in [2.45, 2.75) is 43.0 Å². The van der Waals surface area contributed by atoms with Gasteiger partial charge in [0.15, 0.2) is 0 Å². The van der Waals surface area contributed by atoms with Crippen molar-refractivity contribution in [3.63, 3.8) is 0 Å². The molecule has 2 amide bonds. The fourth-order valence-corrected chi connectivity index (χ4v) is 4.10. The third kappa shape index (κ3) is 7.37. The van der Waals surface area contributed by atoms with Gasteiger partial charge in [-0.2, -0.15) is 12.6 Å². The highest BCUT2D eigenvalue weighted by atomic mass is 32.2. The molecular formula is C19H30N4O2S2. The van der Waals surface area contributed by atoms with E-state index < -0.39 is 11.3 Å². The molecule has 0 aromatic heterocycles. The summed E-state index contributed by atoms with van der Waals surface area (Å²) in [6.07, 6.45) is 2.80. The van der Waals surface area contributed by atoms with E-state index in [1.54, 1.807) is 11.8 Å². The van der Waals surface area contributed by atoms with Crippen molar-refractivity contribution in [2.75, 3.05) is 24.7 Å². The molecule has 1 aliphatic heterocycles. The Kier molecular flexibility index (Phi) is 9.47. The van der Waals surface area contributed by atoms with E-state index in [1.807, 2.05) is 35.2 Å². The van der Waals surface area contributed by atoms with Crippen LogP contribution in [-0.4, -0.2) is 58.8 Å². The van der Waals surface area contributed by atoms with Gasteiger partial charge in [-0.05, 0) is 31.2 Å². The minimum Gasteiger partial charge on any atom is -0.355 e. The first-order valence-corrected chi connectivity index (χ1v) is 11.0. The van der Waals surface area contributed by atoms with Gasteiger partial charge in [-0.1, -0.05) is 30.3 Å². The first kappa shape index (κ1) is 22.1. The molecule has 1 aromatic carbocycles. The van der Waals surface area contributed by atoms with Crippen molar-refractivity contribution in [1.82, 2.24) is 10.2 Å². The first-order valence-electron chi connectivity index (χ1n) is 9.36. The summed E-state index contributed by atoms with van der Waals surface area (Å²) in [5, 5.41) is 2.32. The predicted molar refractivity (Wildman–Crippen MR) is 115 cm³/mol. The van der Waals surface area contributed by atoms with Gasteiger partial charge in [-0.25, -0.2) is 0 Å². The minimum absolute atomic E-state index is 0.0337. The lowest BCUT2D eigenvalue weighted by atomic mass is 10.0. The van der Waals surface area contributed by atoms with Crippen LogP contribution in [0.5, 0.6) is 0 Å². The topological polar surface area (TPSA) is 101 Å². The number of carbonyl (C=O) groups excluding carboxylic acids is 2. The number of nitrogens with zero attached hydrogens (tertiary/aromatic N) is 1. The van der Waals surface area contributed by atoms with Crippen molar-refractivity contribution >= 4 is 36.2 Å². The van der Waals surface area contributed by atoms with E-state index in [2.05, 4.69) is 17.9 Å². The molecule has 27 heavy (non-hydrogen) atoms. The highest BCUT2D eigenvalue weighted by Crippen LogP contribution is 2.15. The average molecular weight is 411 g/mol. The number of hydrogen-bond acceptors (Lipinski definition) is 6. The molecule has 6 nitrogen and oxygen atoms in total. The molecule has 1 heterocycles. The van der Waals surface area contributed by atoms with Gasteiger partial charge in [0, 0.05) is 24.9 Å². The Hall–Kier alpha value is -1.22. The molecule has 0 radical (unpaired) electrons. The molecule has 150 valence electrons. The Morgan fingerprint density at radius 1 is 1.22 bits per heavy atom. The third-order valence-electron chi connectivity index (χ3n) is 4.61. The number of thiol groups is 1. The summed E-state index contributed by atoms with van der Waals surface area (Å²) in [4.78, 5) is 26.1. The fourth-order valence-electron chi connectivity index (χ4n) is 2.94. The highest BCUT2D eigenvalue weighted by molar-refractivity contribution is 7.99. The zero-order chi connectivity index (χ0) is 19.6. The Bertz CT molecular complexity index is 597. The number of rotatable bonds is 10. The van der Waals surface area contributed by atoms with Crippen molar-refractivity contribution in [1.29, 1.82) is 0 Å². The lowest BCUT2D eigenvalue weighted by molar-refractivity contribution is -0.131. The number of unbranched alkanes of at least 4 members (excludes halogenated alkanes) is 1. The maximum atomic E-state index is 12.2. The number of benzene rings is 1. The van der Waals surface area contributed by atoms with Gasteiger partial charge in [-0.3, -0.25) is 9.59 Å². The number of hydrogen-bond donors (Lipinski definition) is 4. The average Bonchev–Trinajstić information content (AvgIpc) is 3.21. The summed E-state index contributed by atoms with van der Waals surface area (Å²) in [7, 11) is 0. The van der Waals surface area contributed by atoms with E-state index >= 15 is 0 Å². The van der Waals surface area contributed by atoms with E-state index in [9.17, 15) is 9.59 Å². The van der Waals surface area contributed by atoms with Crippen molar-refractivity contribution in [2.24, 2.45) is 11.5 Å². The Morgan fingerprint density at radius 3 is 2.63 bits per heavy atom. The molecule has 5 N–H and O–H groups in total. The van der Waals surface area contributed by atoms with Crippen LogP contribution in [0.2, 0.25) is 0 Å². The normalized spacial score (nSPS) is 17.4. The Balaban J connectivity index is 1.60. The molecule has 2 rings (SSSR count). The molecule has 0 spiro atoms. The number of amides is 2. The van der Waals surface area contributed by atoms with Crippen LogP contribution < -0.4 is 16.8 Å². The minimum atomic E-state index is -0.554. The van der Waals surface area contributed by atoms with Gasteiger partial charge in [0.25, 0.3) is 0 Å². The van der Waals surface area contributed by atoms with E-state index in [1.165, 1.54) is 0 Å². The van der Waals surface area contributed by atoms with Gasteiger partial charge in [0.2, 0.25) is 11.8 Å². The summed E-state index contributed by atoms with van der Waals surface area (Å²) in [6.45, 7) is 1.33. The smallest absolute Gasteiger partial charge is 0.240 e. The molecule has 0 bridgehead atoms. The Labute approximate surface area is 171 Å². The maximum Gasteiger partial charge on any atom is 0.240 e. The quantitative estimate of drug-likeness (QED) is 0.341. The van der Waals surface area contributed by atoms with Crippen molar-refractivity contribution in [3.8, 4) is 0 Å². The van der Waals surface area contributed by atoms with Crippen LogP contribution in [0.25, 0.3) is 0 Å². The van der Waals surface area contributed by atoms with Crippen LogP contribution in [0.3, 0.4) is 0 Å². The monoisotopic (exact) mass is 410 g/mol. The number of nitrogens with two attached hydrogens (primary N) is 2. The fraction of sp³-hybridized carbons (Fsp3) is 0.579. The van der Waals surface area contributed by atoms with Crippen LogP contribution in [0, 0.1) is 0 Å². The molecule has 1 saturated heterocycles. The molecule has 1 fully saturated rings. The number of nitrogens with one attached hydrogen (secondary N) is 1. The lowest BCUT2D eigenvalue weighted by Gasteiger charge is -2.20. The zero-order valence-electron chi connectivity index (χ0n) is 15.5. The zero-order valence-corrected chi connectivity index (χ0v) is 17.3. The summed E-state index contributed by atoms with van der Waals surface area (Å²) in [5.41, 5.74) is 13.2. The second kappa shape index (κ2) is 11.6. The molecule has 1 aliphatic rings. The number of thioether (sulfide) groups is 1. The van der Waals surface area contributed by atoms with Gasteiger partial charge in [0.1, 0.15) is 0 Å².